The molecule has 0 amide bonds. The van der Waals surface area contributed by atoms with E-state index in [-0.39, 0.29) is 18.0 Å². The molecular weight excluding hydrogens is 252 g/mol. The summed E-state index contributed by atoms with van der Waals surface area (Å²) in [7, 11) is 0. The SMILES string of the molecule is O=C1OCc2ccccc2C=C1C(=O)c1ccccc1. The topological polar surface area (TPSA) is 43.4 Å². The summed E-state index contributed by atoms with van der Waals surface area (Å²) in [6.45, 7) is 0.192. The Labute approximate surface area is 116 Å². The predicted octanol–water partition coefficient (Wildman–Crippen LogP) is 3.01. The molecule has 0 unspecified atom stereocenters. The second-order valence-electron chi connectivity index (χ2n) is 4.53. The van der Waals surface area contributed by atoms with E-state index >= 15 is 0 Å². The fourth-order valence-corrected chi connectivity index (χ4v) is 2.15. The lowest BCUT2D eigenvalue weighted by atomic mass is 10.00. The number of ketones is 1. The number of rotatable bonds is 2. The minimum atomic E-state index is -0.574. The van der Waals surface area contributed by atoms with Crippen LogP contribution in [0.25, 0.3) is 6.08 Å². The molecule has 2 aromatic carbocycles. The van der Waals surface area contributed by atoms with Gasteiger partial charge in [0.2, 0.25) is 0 Å². The molecular formula is C17H12O3. The van der Waals surface area contributed by atoms with Crippen LogP contribution in [0.4, 0.5) is 0 Å². The van der Waals surface area contributed by atoms with Crippen LogP contribution in [0.3, 0.4) is 0 Å². The van der Waals surface area contributed by atoms with E-state index < -0.39 is 5.97 Å². The van der Waals surface area contributed by atoms with Gasteiger partial charge in [0.25, 0.3) is 0 Å². The molecule has 3 heteroatoms. The molecule has 0 spiro atoms. The highest BCUT2D eigenvalue weighted by Crippen LogP contribution is 2.22. The zero-order valence-corrected chi connectivity index (χ0v) is 10.7. The lowest BCUT2D eigenvalue weighted by Crippen LogP contribution is -2.14. The lowest BCUT2D eigenvalue weighted by Gasteiger charge is -2.04. The Morgan fingerprint density at radius 2 is 1.65 bits per heavy atom. The molecule has 0 aliphatic carbocycles. The van der Waals surface area contributed by atoms with Gasteiger partial charge in [-0.15, -0.1) is 0 Å². The first-order valence-electron chi connectivity index (χ1n) is 6.32. The Bertz CT molecular complexity index is 699. The molecule has 0 radical (unpaired) electrons. The van der Waals surface area contributed by atoms with E-state index in [1.54, 1.807) is 30.3 Å². The number of carbonyl (C=O) groups is 2. The fraction of sp³-hybridized carbons (Fsp3) is 0.0588. The summed E-state index contributed by atoms with van der Waals surface area (Å²) >= 11 is 0. The Hall–Kier alpha value is -2.68. The van der Waals surface area contributed by atoms with Gasteiger partial charge in [0.1, 0.15) is 12.2 Å². The highest BCUT2D eigenvalue weighted by Gasteiger charge is 2.24. The molecule has 3 nitrogen and oxygen atoms in total. The van der Waals surface area contributed by atoms with Gasteiger partial charge in [-0.25, -0.2) is 4.79 Å². The van der Waals surface area contributed by atoms with Crippen LogP contribution >= 0.6 is 0 Å². The van der Waals surface area contributed by atoms with Gasteiger partial charge in [-0.3, -0.25) is 4.79 Å². The predicted molar refractivity (Wildman–Crippen MR) is 75.0 cm³/mol. The number of carbonyl (C=O) groups excluding carboxylic acids is 2. The number of Topliss-reactive ketones (excluding diaryl/α,β-unsaturated/α-hetero) is 1. The zero-order valence-electron chi connectivity index (χ0n) is 10.7. The maximum Gasteiger partial charge on any atom is 0.342 e. The Kier molecular flexibility index (Phi) is 3.17. The van der Waals surface area contributed by atoms with Crippen molar-refractivity contribution >= 4 is 17.8 Å². The molecule has 1 aliphatic rings. The van der Waals surface area contributed by atoms with Crippen LogP contribution in [0.2, 0.25) is 0 Å². The van der Waals surface area contributed by atoms with Crippen molar-refractivity contribution in [3.8, 4) is 0 Å². The maximum atomic E-state index is 12.4. The van der Waals surface area contributed by atoms with Gasteiger partial charge in [-0.2, -0.15) is 0 Å². The van der Waals surface area contributed by atoms with Crippen molar-refractivity contribution in [3.05, 3.63) is 76.9 Å². The van der Waals surface area contributed by atoms with Gasteiger partial charge in [0.05, 0.1) is 0 Å². The van der Waals surface area contributed by atoms with Crippen molar-refractivity contribution < 1.29 is 14.3 Å². The van der Waals surface area contributed by atoms with E-state index in [0.717, 1.165) is 11.1 Å². The molecule has 0 saturated carbocycles. The van der Waals surface area contributed by atoms with Crippen molar-refractivity contribution in [2.45, 2.75) is 6.61 Å². The third-order valence-electron chi connectivity index (χ3n) is 3.21. The Morgan fingerprint density at radius 1 is 0.950 bits per heavy atom. The minimum Gasteiger partial charge on any atom is -0.457 e. The van der Waals surface area contributed by atoms with Crippen LogP contribution < -0.4 is 0 Å². The van der Waals surface area contributed by atoms with Crippen molar-refractivity contribution in [1.29, 1.82) is 0 Å². The summed E-state index contributed by atoms with van der Waals surface area (Å²) in [5.74, 6) is -0.887. The number of hydrogen-bond acceptors (Lipinski definition) is 3. The summed E-state index contributed by atoms with van der Waals surface area (Å²) in [6.07, 6.45) is 1.61. The van der Waals surface area contributed by atoms with Crippen molar-refractivity contribution in [3.63, 3.8) is 0 Å². The average molecular weight is 264 g/mol. The van der Waals surface area contributed by atoms with Crippen molar-refractivity contribution in [2.24, 2.45) is 0 Å². The number of hydrogen-bond donors (Lipinski definition) is 0. The molecule has 1 heterocycles. The summed E-state index contributed by atoms with van der Waals surface area (Å²) in [4.78, 5) is 24.4. The lowest BCUT2D eigenvalue weighted by molar-refractivity contribution is -0.139. The smallest absolute Gasteiger partial charge is 0.342 e. The number of esters is 1. The van der Waals surface area contributed by atoms with Crippen LogP contribution in [0.1, 0.15) is 21.5 Å². The number of fused-ring (bicyclic) bond motifs is 1. The first kappa shape index (κ1) is 12.4. The summed E-state index contributed by atoms with van der Waals surface area (Å²) in [5, 5.41) is 0. The van der Waals surface area contributed by atoms with Crippen LogP contribution in [0.15, 0.2) is 60.2 Å². The molecule has 0 aromatic heterocycles. The van der Waals surface area contributed by atoms with E-state index in [1.165, 1.54) is 0 Å². The molecule has 3 rings (SSSR count). The van der Waals surface area contributed by atoms with Gasteiger partial charge < -0.3 is 4.74 Å². The van der Waals surface area contributed by atoms with Gasteiger partial charge in [0, 0.05) is 5.56 Å². The average Bonchev–Trinajstić information content (AvgIpc) is 2.67. The first-order chi connectivity index (χ1) is 9.75. The molecule has 0 atom stereocenters. The molecule has 0 bridgehead atoms. The molecule has 98 valence electrons. The van der Waals surface area contributed by atoms with Gasteiger partial charge >= 0.3 is 5.97 Å². The second-order valence-corrected chi connectivity index (χ2v) is 4.53. The van der Waals surface area contributed by atoms with Crippen LogP contribution in [-0.4, -0.2) is 11.8 Å². The van der Waals surface area contributed by atoms with Crippen molar-refractivity contribution in [2.75, 3.05) is 0 Å². The number of ether oxygens (including phenoxy) is 1. The molecule has 0 fully saturated rings. The quantitative estimate of drug-likeness (QED) is 0.476. The Balaban J connectivity index is 2.05. The first-order valence-corrected chi connectivity index (χ1v) is 6.32. The van der Waals surface area contributed by atoms with Gasteiger partial charge in [-0.05, 0) is 17.2 Å². The highest BCUT2D eigenvalue weighted by atomic mass is 16.5. The monoisotopic (exact) mass is 264 g/mol. The summed E-state index contributed by atoms with van der Waals surface area (Å²) in [6, 6.07) is 16.2. The van der Waals surface area contributed by atoms with E-state index in [2.05, 4.69) is 0 Å². The standard InChI is InChI=1S/C17H12O3/c18-16(12-6-2-1-3-7-12)15-10-13-8-4-5-9-14(13)11-20-17(15)19/h1-10H,11H2. The normalized spacial score (nSPS) is 13.8. The number of benzene rings is 2. The van der Waals surface area contributed by atoms with Crippen LogP contribution in [-0.2, 0) is 16.1 Å². The molecule has 20 heavy (non-hydrogen) atoms. The third-order valence-corrected chi connectivity index (χ3v) is 3.21. The minimum absolute atomic E-state index is 0.0705. The van der Waals surface area contributed by atoms with E-state index in [1.807, 2.05) is 30.3 Å². The Morgan fingerprint density at radius 3 is 2.45 bits per heavy atom. The number of cyclic esters (lactones) is 1. The van der Waals surface area contributed by atoms with E-state index in [4.69, 9.17) is 4.74 Å². The zero-order chi connectivity index (χ0) is 13.9. The molecule has 2 aromatic rings. The highest BCUT2D eigenvalue weighted by molar-refractivity contribution is 6.27. The summed E-state index contributed by atoms with van der Waals surface area (Å²) in [5.41, 5.74) is 2.30. The van der Waals surface area contributed by atoms with Crippen molar-refractivity contribution in [1.82, 2.24) is 0 Å². The molecule has 0 saturated heterocycles. The second kappa shape index (κ2) is 5.13. The van der Waals surface area contributed by atoms with Crippen LogP contribution in [0.5, 0.6) is 0 Å². The van der Waals surface area contributed by atoms with Gasteiger partial charge in [0.15, 0.2) is 5.78 Å². The molecule has 1 aliphatic heterocycles. The van der Waals surface area contributed by atoms with E-state index in [9.17, 15) is 9.59 Å². The third kappa shape index (κ3) is 2.26. The molecule has 0 N–H and O–H groups in total. The van der Waals surface area contributed by atoms with E-state index in [0.29, 0.717) is 5.56 Å². The maximum absolute atomic E-state index is 12.4. The van der Waals surface area contributed by atoms with Gasteiger partial charge in [-0.1, -0.05) is 54.6 Å². The fourth-order valence-electron chi connectivity index (χ4n) is 2.15. The summed E-state index contributed by atoms with van der Waals surface area (Å²) < 4.78 is 5.16. The largest absolute Gasteiger partial charge is 0.457 e. The van der Waals surface area contributed by atoms with Crippen LogP contribution in [0, 0.1) is 0 Å².